The van der Waals surface area contributed by atoms with Gasteiger partial charge in [-0.15, -0.1) is 0 Å². The van der Waals surface area contributed by atoms with Crippen LogP contribution in [0.5, 0.6) is 0 Å². The molecule has 0 amide bonds. The quantitative estimate of drug-likeness (QED) is 0.827. The number of benzene rings is 1. The Bertz CT molecular complexity index is 773. The standard InChI is InChI=1S/C17H24N4O2S/c1-20(16-10-6-7-11-17(16)24(2,22)23)13-14-12-18-21(19-14)15-8-4-3-5-9-15/h3-5,8-9,12,16-17H,6-7,10-11,13H2,1-2H3. The third-order valence-corrected chi connectivity index (χ3v) is 6.37. The topological polar surface area (TPSA) is 68.1 Å². The van der Waals surface area contributed by atoms with Crippen molar-refractivity contribution in [1.82, 2.24) is 19.9 Å². The summed E-state index contributed by atoms with van der Waals surface area (Å²) in [5.74, 6) is 0. The van der Waals surface area contributed by atoms with Crippen molar-refractivity contribution in [1.29, 1.82) is 0 Å². The van der Waals surface area contributed by atoms with E-state index in [1.54, 1.807) is 11.0 Å². The smallest absolute Gasteiger partial charge is 0.151 e. The summed E-state index contributed by atoms with van der Waals surface area (Å²) in [7, 11) is -1.05. The highest BCUT2D eigenvalue weighted by molar-refractivity contribution is 7.91. The van der Waals surface area contributed by atoms with Gasteiger partial charge in [0.2, 0.25) is 0 Å². The number of sulfone groups is 1. The molecule has 2 aromatic rings. The maximum Gasteiger partial charge on any atom is 0.151 e. The molecule has 1 aliphatic carbocycles. The van der Waals surface area contributed by atoms with Crippen LogP contribution in [0.3, 0.4) is 0 Å². The molecule has 0 bridgehead atoms. The molecule has 0 aliphatic heterocycles. The molecule has 7 heteroatoms. The zero-order valence-electron chi connectivity index (χ0n) is 14.2. The minimum absolute atomic E-state index is 0.0515. The lowest BCUT2D eigenvalue weighted by Crippen LogP contribution is -2.46. The third kappa shape index (κ3) is 3.84. The van der Waals surface area contributed by atoms with Gasteiger partial charge >= 0.3 is 0 Å². The molecule has 1 heterocycles. The summed E-state index contributed by atoms with van der Waals surface area (Å²) in [5, 5.41) is 8.55. The molecule has 130 valence electrons. The first-order valence-corrected chi connectivity index (χ1v) is 10.3. The van der Waals surface area contributed by atoms with Crippen molar-refractivity contribution < 1.29 is 8.42 Å². The average Bonchev–Trinajstić information content (AvgIpc) is 3.03. The average molecular weight is 348 g/mol. The normalized spacial score (nSPS) is 22.0. The lowest BCUT2D eigenvalue weighted by molar-refractivity contribution is 0.185. The van der Waals surface area contributed by atoms with Crippen LogP contribution in [0.4, 0.5) is 0 Å². The van der Waals surface area contributed by atoms with Crippen LogP contribution in [0.1, 0.15) is 31.4 Å². The van der Waals surface area contributed by atoms with Crippen LogP contribution >= 0.6 is 0 Å². The number of rotatable bonds is 5. The van der Waals surface area contributed by atoms with Crippen molar-refractivity contribution in [2.45, 2.75) is 43.5 Å². The van der Waals surface area contributed by atoms with E-state index in [2.05, 4.69) is 15.1 Å². The number of para-hydroxylation sites is 1. The molecular formula is C17H24N4O2S. The van der Waals surface area contributed by atoms with E-state index in [9.17, 15) is 8.42 Å². The van der Waals surface area contributed by atoms with Gasteiger partial charge in [0.25, 0.3) is 0 Å². The molecule has 0 N–H and O–H groups in total. The van der Waals surface area contributed by atoms with Crippen LogP contribution in [-0.4, -0.2) is 52.9 Å². The monoisotopic (exact) mass is 348 g/mol. The molecule has 2 unspecified atom stereocenters. The van der Waals surface area contributed by atoms with E-state index in [4.69, 9.17) is 0 Å². The van der Waals surface area contributed by atoms with Crippen molar-refractivity contribution in [3.8, 4) is 5.69 Å². The molecule has 0 saturated heterocycles. The molecular weight excluding hydrogens is 324 g/mol. The van der Waals surface area contributed by atoms with Crippen LogP contribution < -0.4 is 0 Å². The molecule has 2 atom stereocenters. The lowest BCUT2D eigenvalue weighted by Gasteiger charge is -2.36. The van der Waals surface area contributed by atoms with Crippen molar-refractivity contribution >= 4 is 9.84 Å². The van der Waals surface area contributed by atoms with Gasteiger partial charge in [0.1, 0.15) is 0 Å². The maximum atomic E-state index is 12.1. The highest BCUT2D eigenvalue weighted by Gasteiger charge is 2.35. The van der Waals surface area contributed by atoms with Gasteiger partial charge in [-0.05, 0) is 32.0 Å². The van der Waals surface area contributed by atoms with E-state index in [0.717, 1.165) is 37.1 Å². The summed E-state index contributed by atoms with van der Waals surface area (Å²) in [5.41, 5.74) is 1.76. The molecule has 24 heavy (non-hydrogen) atoms. The van der Waals surface area contributed by atoms with E-state index in [1.165, 1.54) is 6.26 Å². The summed E-state index contributed by atoms with van der Waals surface area (Å²) in [6.07, 6.45) is 6.85. The number of hydrogen-bond acceptors (Lipinski definition) is 5. The Morgan fingerprint density at radius 3 is 2.62 bits per heavy atom. The van der Waals surface area contributed by atoms with Crippen molar-refractivity contribution in [2.24, 2.45) is 0 Å². The summed E-state index contributed by atoms with van der Waals surface area (Å²) in [4.78, 5) is 3.72. The predicted octanol–water partition coefficient (Wildman–Crippen LogP) is 2.05. The zero-order chi connectivity index (χ0) is 17.2. The molecule has 1 aromatic carbocycles. The molecule has 3 rings (SSSR count). The Morgan fingerprint density at radius 2 is 1.92 bits per heavy atom. The fraction of sp³-hybridized carbons (Fsp3) is 0.529. The summed E-state index contributed by atoms with van der Waals surface area (Å²) < 4.78 is 24.2. The fourth-order valence-electron chi connectivity index (χ4n) is 3.51. The Morgan fingerprint density at radius 1 is 1.21 bits per heavy atom. The van der Waals surface area contributed by atoms with Gasteiger partial charge in [-0.25, -0.2) is 8.42 Å². The summed E-state index contributed by atoms with van der Waals surface area (Å²) >= 11 is 0. The summed E-state index contributed by atoms with van der Waals surface area (Å²) in [6, 6.07) is 9.81. The van der Waals surface area contributed by atoms with Crippen molar-refractivity contribution in [3.05, 3.63) is 42.2 Å². The molecule has 0 radical (unpaired) electrons. The van der Waals surface area contributed by atoms with E-state index < -0.39 is 9.84 Å². The van der Waals surface area contributed by atoms with E-state index in [1.807, 2.05) is 37.4 Å². The van der Waals surface area contributed by atoms with Crippen LogP contribution in [0, 0.1) is 0 Å². The van der Waals surface area contributed by atoms with Gasteiger partial charge in [-0.1, -0.05) is 31.0 Å². The van der Waals surface area contributed by atoms with Crippen LogP contribution in [0.2, 0.25) is 0 Å². The Labute approximate surface area is 143 Å². The minimum atomic E-state index is -3.03. The molecule has 1 aromatic heterocycles. The van der Waals surface area contributed by atoms with Gasteiger partial charge < -0.3 is 0 Å². The minimum Gasteiger partial charge on any atom is -0.296 e. The summed E-state index contributed by atoms with van der Waals surface area (Å²) in [6.45, 7) is 0.601. The first-order valence-electron chi connectivity index (χ1n) is 8.31. The second-order valence-electron chi connectivity index (χ2n) is 6.60. The van der Waals surface area contributed by atoms with E-state index >= 15 is 0 Å². The maximum absolute atomic E-state index is 12.1. The highest BCUT2D eigenvalue weighted by Crippen LogP contribution is 2.28. The highest BCUT2D eigenvalue weighted by atomic mass is 32.2. The molecule has 1 aliphatic rings. The lowest BCUT2D eigenvalue weighted by atomic mass is 9.94. The SMILES string of the molecule is CN(Cc1cnn(-c2ccccc2)n1)C1CCCCC1S(C)(=O)=O. The van der Waals surface area contributed by atoms with Crippen LogP contribution in [0.25, 0.3) is 5.69 Å². The number of hydrogen-bond donors (Lipinski definition) is 0. The molecule has 6 nitrogen and oxygen atoms in total. The van der Waals surface area contributed by atoms with Gasteiger partial charge in [-0.2, -0.15) is 15.0 Å². The zero-order valence-corrected chi connectivity index (χ0v) is 15.0. The molecule has 1 saturated carbocycles. The number of aromatic nitrogens is 3. The van der Waals surface area contributed by atoms with E-state index in [0.29, 0.717) is 6.54 Å². The van der Waals surface area contributed by atoms with E-state index in [-0.39, 0.29) is 11.3 Å². The third-order valence-electron chi connectivity index (χ3n) is 4.72. The number of nitrogens with zero attached hydrogens (tertiary/aromatic N) is 4. The molecule has 0 spiro atoms. The Kier molecular flexibility index (Phi) is 5.01. The van der Waals surface area contributed by atoms with Gasteiger partial charge in [0.05, 0.1) is 22.8 Å². The fourth-order valence-corrected chi connectivity index (χ4v) is 5.02. The first kappa shape index (κ1) is 17.1. The first-order chi connectivity index (χ1) is 11.4. The van der Waals surface area contributed by atoms with Gasteiger partial charge in [-0.3, -0.25) is 4.90 Å². The predicted molar refractivity (Wildman–Crippen MR) is 93.7 cm³/mol. The molecule has 1 fully saturated rings. The Hall–Kier alpha value is -1.73. The van der Waals surface area contributed by atoms with Crippen LogP contribution in [-0.2, 0) is 16.4 Å². The van der Waals surface area contributed by atoms with Crippen molar-refractivity contribution in [2.75, 3.05) is 13.3 Å². The second-order valence-corrected chi connectivity index (χ2v) is 8.86. The van der Waals surface area contributed by atoms with Crippen LogP contribution in [0.15, 0.2) is 36.5 Å². The van der Waals surface area contributed by atoms with Gasteiger partial charge in [0, 0.05) is 18.8 Å². The Balaban J connectivity index is 1.72. The second kappa shape index (κ2) is 7.03. The van der Waals surface area contributed by atoms with Crippen molar-refractivity contribution in [3.63, 3.8) is 0 Å². The van der Waals surface area contributed by atoms with Gasteiger partial charge in [0.15, 0.2) is 9.84 Å². The largest absolute Gasteiger partial charge is 0.296 e.